The van der Waals surface area contributed by atoms with Crippen molar-refractivity contribution in [1.82, 2.24) is 4.90 Å². The van der Waals surface area contributed by atoms with E-state index in [2.05, 4.69) is 29.2 Å². The summed E-state index contributed by atoms with van der Waals surface area (Å²) in [6.07, 6.45) is 7.84. The molecule has 3 nitrogen and oxygen atoms in total. The smallest absolute Gasteiger partial charge is 0.0947 e. The molecule has 0 aliphatic carbocycles. The number of benzene rings is 1. The molecule has 1 aromatic heterocycles. The van der Waals surface area contributed by atoms with Crippen molar-refractivity contribution >= 4 is 6.08 Å². The predicted molar refractivity (Wildman–Crippen MR) is 81.3 cm³/mol. The van der Waals surface area contributed by atoms with Gasteiger partial charge in [-0.3, -0.25) is 4.90 Å². The van der Waals surface area contributed by atoms with E-state index in [-0.39, 0.29) is 0 Å². The van der Waals surface area contributed by atoms with Gasteiger partial charge in [0.05, 0.1) is 19.1 Å². The van der Waals surface area contributed by atoms with Crippen molar-refractivity contribution in [2.24, 2.45) is 0 Å². The minimum atomic E-state index is 0.733. The van der Waals surface area contributed by atoms with Crippen LogP contribution in [0.5, 0.6) is 0 Å². The fourth-order valence-electron chi connectivity index (χ4n) is 2.00. The van der Waals surface area contributed by atoms with Crippen LogP contribution in [0.4, 0.5) is 0 Å². The van der Waals surface area contributed by atoms with Crippen LogP contribution in [0, 0.1) is 0 Å². The predicted octanol–water partition coefficient (Wildman–Crippen LogP) is 3.44. The minimum absolute atomic E-state index is 0.733. The Morgan fingerprint density at radius 1 is 1.20 bits per heavy atom. The molecule has 0 N–H and O–H groups in total. The molecule has 0 spiro atoms. The van der Waals surface area contributed by atoms with Crippen molar-refractivity contribution in [3.63, 3.8) is 0 Å². The molecule has 0 bridgehead atoms. The van der Waals surface area contributed by atoms with E-state index < -0.39 is 0 Å². The van der Waals surface area contributed by atoms with Crippen LogP contribution in [0.25, 0.3) is 6.08 Å². The van der Waals surface area contributed by atoms with E-state index in [9.17, 15) is 0 Å². The monoisotopic (exact) mass is 271 g/mol. The first-order chi connectivity index (χ1) is 9.88. The Balaban J connectivity index is 1.88. The van der Waals surface area contributed by atoms with Crippen LogP contribution in [0.3, 0.4) is 0 Å². The van der Waals surface area contributed by atoms with Gasteiger partial charge in [0.2, 0.25) is 0 Å². The number of nitrogens with zero attached hydrogens (tertiary/aromatic N) is 1. The van der Waals surface area contributed by atoms with Gasteiger partial charge in [0.1, 0.15) is 0 Å². The van der Waals surface area contributed by atoms with Gasteiger partial charge in [-0.2, -0.15) is 0 Å². The van der Waals surface area contributed by atoms with Crippen LogP contribution in [0.2, 0.25) is 0 Å². The average molecular weight is 271 g/mol. The number of furan rings is 1. The highest BCUT2D eigenvalue weighted by Crippen LogP contribution is 2.06. The summed E-state index contributed by atoms with van der Waals surface area (Å²) in [5.74, 6) is 0. The highest BCUT2D eigenvalue weighted by atomic mass is 16.5. The van der Waals surface area contributed by atoms with E-state index in [0.717, 1.165) is 26.2 Å². The number of methoxy groups -OCH3 is 1. The normalized spacial score (nSPS) is 11.5. The summed E-state index contributed by atoms with van der Waals surface area (Å²) >= 11 is 0. The summed E-state index contributed by atoms with van der Waals surface area (Å²) in [6.45, 7) is 3.40. The van der Waals surface area contributed by atoms with E-state index in [0.29, 0.717) is 0 Å². The molecule has 2 aromatic rings. The molecule has 3 heteroatoms. The molecule has 0 saturated carbocycles. The fraction of sp³-hybridized carbons (Fsp3) is 0.294. The van der Waals surface area contributed by atoms with Gasteiger partial charge in [-0.25, -0.2) is 0 Å². The van der Waals surface area contributed by atoms with E-state index in [1.807, 2.05) is 24.3 Å². The molecular weight excluding hydrogens is 250 g/mol. The average Bonchev–Trinajstić information content (AvgIpc) is 2.98. The molecule has 0 radical (unpaired) electrons. The lowest BCUT2D eigenvalue weighted by atomic mass is 10.2. The summed E-state index contributed by atoms with van der Waals surface area (Å²) in [5, 5.41) is 0. The van der Waals surface area contributed by atoms with Crippen molar-refractivity contribution in [3.05, 3.63) is 66.1 Å². The van der Waals surface area contributed by atoms with Crippen molar-refractivity contribution in [2.45, 2.75) is 6.54 Å². The Hall–Kier alpha value is -1.84. The lowest BCUT2D eigenvalue weighted by Gasteiger charge is -2.19. The molecule has 1 aromatic carbocycles. The molecule has 0 aliphatic heterocycles. The third kappa shape index (κ3) is 5.03. The first-order valence-electron chi connectivity index (χ1n) is 6.82. The van der Waals surface area contributed by atoms with Gasteiger partial charge in [0.25, 0.3) is 0 Å². The van der Waals surface area contributed by atoms with Crippen LogP contribution >= 0.6 is 0 Å². The third-order valence-corrected chi connectivity index (χ3v) is 3.07. The number of rotatable bonds is 8. The Kier molecular flexibility index (Phi) is 6.08. The van der Waals surface area contributed by atoms with Crippen LogP contribution in [0.1, 0.15) is 11.1 Å². The molecule has 0 amide bonds. The topological polar surface area (TPSA) is 25.6 Å². The minimum Gasteiger partial charge on any atom is -0.472 e. The molecule has 20 heavy (non-hydrogen) atoms. The van der Waals surface area contributed by atoms with E-state index in [1.165, 1.54) is 11.1 Å². The molecule has 0 saturated heterocycles. The highest BCUT2D eigenvalue weighted by Gasteiger charge is 2.04. The summed E-state index contributed by atoms with van der Waals surface area (Å²) in [7, 11) is 1.73. The van der Waals surface area contributed by atoms with Gasteiger partial charge in [-0.1, -0.05) is 42.5 Å². The standard InChI is InChI=1S/C17H21NO2/c1-19-13-11-18(14-17-9-12-20-15-17)10-5-8-16-6-3-2-4-7-16/h2-9,12,15H,10-11,13-14H2,1H3/b8-5+. The lowest BCUT2D eigenvalue weighted by Crippen LogP contribution is -2.27. The number of hydrogen-bond donors (Lipinski definition) is 0. The molecule has 0 fully saturated rings. The van der Waals surface area contributed by atoms with Crippen molar-refractivity contribution in [1.29, 1.82) is 0 Å². The molecular formula is C17H21NO2. The van der Waals surface area contributed by atoms with E-state index in [4.69, 9.17) is 9.15 Å². The quantitative estimate of drug-likeness (QED) is 0.735. The van der Waals surface area contributed by atoms with Crippen molar-refractivity contribution < 1.29 is 9.15 Å². The van der Waals surface area contributed by atoms with Gasteiger partial charge < -0.3 is 9.15 Å². The first-order valence-corrected chi connectivity index (χ1v) is 6.82. The Labute approximate surface area is 120 Å². The second kappa shape index (κ2) is 8.35. The third-order valence-electron chi connectivity index (χ3n) is 3.07. The van der Waals surface area contributed by atoms with Gasteiger partial charge in [0.15, 0.2) is 0 Å². The van der Waals surface area contributed by atoms with E-state index in [1.54, 1.807) is 19.6 Å². The Morgan fingerprint density at radius 2 is 2.05 bits per heavy atom. The summed E-state index contributed by atoms with van der Waals surface area (Å²) in [5.41, 5.74) is 2.41. The van der Waals surface area contributed by atoms with Crippen LogP contribution < -0.4 is 0 Å². The van der Waals surface area contributed by atoms with Gasteiger partial charge in [0, 0.05) is 32.3 Å². The second-order valence-electron chi connectivity index (χ2n) is 4.67. The number of ether oxygens (including phenoxy) is 1. The lowest BCUT2D eigenvalue weighted by molar-refractivity contribution is 0.151. The summed E-state index contributed by atoms with van der Waals surface area (Å²) in [6, 6.07) is 12.3. The maximum Gasteiger partial charge on any atom is 0.0947 e. The fourth-order valence-corrected chi connectivity index (χ4v) is 2.00. The van der Waals surface area contributed by atoms with Crippen molar-refractivity contribution in [2.75, 3.05) is 26.8 Å². The summed E-state index contributed by atoms with van der Waals surface area (Å²) < 4.78 is 10.3. The van der Waals surface area contributed by atoms with Gasteiger partial charge >= 0.3 is 0 Å². The Bertz CT molecular complexity index is 491. The van der Waals surface area contributed by atoms with Gasteiger partial charge in [-0.15, -0.1) is 0 Å². The van der Waals surface area contributed by atoms with Gasteiger partial charge in [-0.05, 0) is 11.6 Å². The second-order valence-corrected chi connectivity index (χ2v) is 4.67. The largest absolute Gasteiger partial charge is 0.472 e. The molecule has 1 heterocycles. The zero-order valence-corrected chi connectivity index (χ0v) is 11.9. The highest BCUT2D eigenvalue weighted by molar-refractivity contribution is 5.48. The number of hydrogen-bond acceptors (Lipinski definition) is 3. The van der Waals surface area contributed by atoms with E-state index >= 15 is 0 Å². The first kappa shape index (κ1) is 14.6. The van der Waals surface area contributed by atoms with Crippen LogP contribution in [0.15, 0.2) is 59.4 Å². The van der Waals surface area contributed by atoms with Crippen LogP contribution in [-0.4, -0.2) is 31.7 Å². The van der Waals surface area contributed by atoms with Crippen molar-refractivity contribution in [3.8, 4) is 0 Å². The maximum absolute atomic E-state index is 5.17. The molecule has 0 atom stereocenters. The zero-order chi connectivity index (χ0) is 14.0. The Morgan fingerprint density at radius 3 is 2.75 bits per heavy atom. The summed E-state index contributed by atoms with van der Waals surface area (Å²) in [4.78, 5) is 2.33. The molecule has 2 rings (SSSR count). The maximum atomic E-state index is 5.17. The van der Waals surface area contributed by atoms with Crippen LogP contribution in [-0.2, 0) is 11.3 Å². The molecule has 0 aliphatic rings. The zero-order valence-electron chi connectivity index (χ0n) is 11.9. The molecule has 106 valence electrons. The molecule has 0 unspecified atom stereocenters. The SMILES string of the molecule is COCCN(C/C=C/c1ccccc1)Cc1ccoc1.